The van der Waals surface area contributed by atoms with Crippen LogP contribution in [0.2, 0.25) is 10.0 Å². The van der Waals surface area contributed by atoms with Gasteiger partial charge in [-0.25, -0.2) is 0 Å². The van der Waals surface area contributed by atoms with Gasteiger partial charge in [0.05, 0.1) is 0 Å². The zero-order chi connectivity index (χ0) is 14.7. The summed E-state index contributed by atoms with van der Waals surface area (Å²) < 4.78 is 0. The van der Waals surface area contributed by atoms with Crippen molar-refractivity contribution in [3.8, 4) is 0 Å². The maximum absolute atomic E-state index is 11.3. The Bertz CT molecular complexity index is 617. The minimum absolute atomic E-state index is 0.406. The maximum Gasteiger partial charge on any atom is 0.321 e. The highest BCUT2D eigenvalue weighted by molar-refractivity contribution is 6.35. The predicted molar refractivity (Wildman–Crippen MR) is 80.4 cm³/mol. The van der Waals surface area contributed by atoms with E-state index in [9.17, 15) is 9.90 Å². The Labute approximate surface area is 126 Å². The van der Waals surface area contributed by atoms with Crippen LogP contribution in [0.3, 0.4) is 0 Å². The Kier molecular flexibility index (Phi) is 4.65. The molecule has 0 aliphatic carbocycles. The van der Waals surface area contributed by atoms with E-state index in [2.05, 4.69) is 0 Å². The fourth-order valence-corrected chi connectivity index (χ4v) is 2.66. The third-order valence-electron chi connectivity index (χ3n) is 3.10. The van der Waals surface area contributed by atoms with Crippen LogP contribution < -0.4 is 5.73 Å². The van der Waals surface area contributed by atoms with Gasteiger partial charge in [0.15, 0.2) is 0 Å². The van der Waals surface area contributed by atoms with Crippen LogP contribution in [0, 0.1) is 0 Å². The number of aliphatic carboxylic acids is 1. The lowest BCUT2D eigenvalue weighted by Gasteiger charge is -2.23. The molecule has 3 N–H and O–H groups in total. The number of rotatable bonds is 4. The Hall–Kier alpha value is -1.55. The van der Waals surface area contributed by atoms with Gasteiger partial charge in [0.25, 0.3) is 0 Å². The van der Waals surface area contributed by atoms with E-state index in [1.54, 1.807) is 18.2 Å². The van der Waals surface area contributed by atoms with Crippen molar-refractivity contribution in [1.29, 1.82) is 0 Å². The molecule has 5 heteroatoms. The highest BCUT2D eigenvalue weighted by atomic mass is 35.5. The van der Waals surface area contributed by atoms with Crippen LogP contribution in [0.4, 0.5) is 0 Å². The molecule has 104 valence electrons. The molecule has 2 atom stereocenters. The second-order valence-electron chi connectivity index (χ2n) is 4.42. The second kappa shape index (κ2) is 6.27. The molecule has 2 aromatic rings. The lowest BCUT2D eigenvalue weighted by molar-refractivity contribution is -0.138. The van der Waals surface area contributed by atoms with Gasteiger partial charge in [-0.2, -0.15) is 0 Å². The van der Waals surface area contributed by atoms with Crippen molar-refractivity contribution in [2.45, 2.75) is 12.0 Å². The van der Waals surface area contributed by atoms with Crippen LogP contribution in [0.1, 0.15) is 17.0 Å². The van der Waals surface area contributed by atoms with Gasteiger partial charge in [0.1, 0.15) is 6.04 Å². The fourth-order valence-electron chi connectivity index (χ4n) is 2.14. The number of carboxylic acids is 1. The molecule has 20 heavy (non-hydrogen) atoms. The van der Waals surface area contributed by atoms with Crippen molar-refractivity contribution in [2.75, 3.05) is 0 Å². The number of hydrogen-bond acceptors (Lipinski definition) is 2. The van der Waals surface area contributed by atoms with Gasteiger partial charge < -0.3 is 10.8 Å². The van der Waals surface area contributed by atoms with Crippen LogP contribution in [0.5, 0.6) is 0 Å². The predicted octanol–water partition coefficient (Wildman–Crippen LogP) is 3.54. The van der Waals surface area contributed by atoms with Crippen molar-refractivity contribution in [2.24, 2.45) is 5.73 Å². The van der Waals surface area contributed by atoms with Crippen LogP contribution in [0.15, 0.2) is 48.5 Å². The van der Waals surface area contributed by atoms with Crippen LogP contribution in [-0.4, -0.2) is 17.1 Å². The maximum atomic E-state index is 11.3. The molecule has 0 heterocycles. The van der Waals surface area contributed by atoms with Gasteiger partial charge in [-0.15, -0.1) is 0 Å². The molecular weight excluding hydrogens is 297 g/mol. The van der Waals surface area contributed by atoms with Gasteiger partial charge >= 0.3 is 5.97 Å². The average molecular weight is 310 g/mol. The molecule has 2 rings (SSSR count). The van der Waals surface area contributed by atoms with Gasteiger partial charge in [-0.3, -0.25) is 4.79 Å². The van der Waals surface area contributed by atoms with Gasteiger partial charge in [0, 0.05) is 16.0 Å². The molecule has 0 aromatic heterocycles. The summed E-state index contributed by atoms with van der Waals surface area (Å²) in [6.07, 6.45) is 0. The first-order valence-electron chi connectivity index (χ1n) is 5.99. The Morgan fingerprint density at radius 2 is 1.75 bits per heavy atom. The monoisotopic (exact) mass is 309 g/mol. The third kappa shape index (κ3) is 3.12. The van der Waals surface area contributed by atoms with Crippen molar-refractivity contribution in [3.05, 3.63) is 69.7 Å². The first kappa shape index (κ1) is 14.9. The highest BCUT2D eigenvalue weighted by Gasteiger charge is 2.28. The van der Waals surface area contributed by atoms with E-state index in [1.165, 1.54) is 0 Å². The fraction of sp³-hybridized carbons (Fsp3) is 0.133. The summed E-state index contributed by atoms with van der Waals surface area (Å²) in [5, 5.41) is 10.1. The number of carboxylic acid groups (broad SMARTS) is 1. The standard InChI is InChI=1S/C15H13Cl2NO2/c16-10-6-7-11(12(17)8-10)13(14(18)15(19)20)9-4-2-1-3-5-9/h1-8,13-14H,18H2,(H,19,20). The Morgan fingerprint density at radius 1 is 1.10 bits per heavy atom. The SMILES string of the molecule is NC(C(=O)O)C(c1ccccc1)c1ccc(Cl)cc1Cl. The van der Waals surface area contributed by atoms with Crippen LogP contribution in [-0.2, 0) is 4.79 Å². The number of hydrogen-bond donors (Lipinski definition) is 2. The lowest BCUT2D eigenvalue weighted by Crippen LogP contribution is -2.37. The lowest BCUT2D eigenvalue weighted by atomic mass is 9.85. The summed E-state index contributed by atoms with van der Waals surface area (Å²) in [5.41, 5.74) is 7.29. The third-order valence-corrected chi connectivity index (χ3v) is 3.66. The van der Waals surface area contributed by atoms with Crippen LogP contribution >= 0.6 is 23.2 Å². The molecule has 0 amide bonds. The van der Waals surface area contributed by atoms with E-state index < -0.39 is 17.9 Å². The summed E-state index contributed by atoms with van der Waals surface area (Å²) in [6, 6.07) is 13.1. The quantitative estimate of drug-likeness (QED) is 0.908. The van der Waals surface area contributed by atoms with Crippen molar-refractivity contribution >= 4 is 29.2 Å². The molecule has 3 nitrogen and oxygen atoms in total. The molecule has 0 spiro atoms. The number of nitrogens with two attached hydrogens (primary N) is 1. The van der Waals surface area contributed by atoms with E-state index in [-0.39, 0.29) is 0 Å². The molecule has 2 aromatic carbocycles. The first-order valence-corrected chi connectivity index (χ1v) is 6.74. The molecule has 0 bridgehead atoms. The number of carbonyl (C=O) groups is 1. The average Bonchev–Trinajstić information content (AvgIpc) is 2.42. The first-order chi connectivity index (χ1) is 9.50. The van der Waals surface area contributed by atoms with Gasteiger partial charge in [-0.1, -0.05) is 59.6 Å². The molecule has 0 aliphatic heterocycles. The molecule has 0 radical (unpaired) electrons. The summed E-state index contributed by atoms with van der Waals surface area (Å²) >= 11 is 12.1. The minimum atomic E-state index is -1.09. The molecule has 0 fully saturated rings. The van der Waals surface area contributed by atoms with E-state index >= 15 is 0 Å². The Morgan fingerprint density at radius 3 is 2.30 bits per heavy atom. The minimum Gasteiger partial charge on any atom is -0.480 e. The number of benzene rings is 2. The van der Waals surface area contributed by atoms with Crippen molar-refractivity contribution in [3.63, 3.8) is 0 Å². The summed E-state index contributed by atoms with van der Waals surface area (Å²) in [5.74, 6) is -1.61. The number of halogens is 2. The normalized spacial score (nSPS) is 13.8. The summed E-state index contributed by atoms with van der Waals surface area (Å²) in [4.78, 5) is 11.3. The van der Waals surface area contributed by atoms with Crippen molar-refractivity contribution < 1.29 is 9.90 Å². The van der Waals surface area contributed by atoms with Crippen molar-refractivity contribution in [1.82, 2.24) is 0 Å². The molecule has 2 unspecified atom stereocenters. The second-order valence-corrected chi connectivity index (χ2v) is 5.26. The summed E-state index contributed by atoms with van der Waals surface area (Å²) in [6.45, 7) is 0. The topological polar surface area (TPSA) is 63.3 Å². The van der Waals surface area contributed by atoms with E-state index in [4.69, 9.17) is 28.9 Å². The largest absolute Gasteiger partial charge is 0.480 e. The molecular formula is C15H13Cl2NO2. The van der Waals surface area contributed by atoms with Crippen LogP contribution in [0.25, 0.3) is 0 Å². The van der Waals surface area contributed by atoms with E-state index in [1.807, 2.05) is 30.3 Å². The van der Waals surface area contributed by atoms with E-state index in [0.29, 0.717) is 15.6 Å². The molecule has 0 aliphatic rings. The van der Waals surface area contributed by atoms with Gasteiger partial charge in [-0.05, 0) is 23.3 Å². The smallest absolute Gasteiger partial charge is 0.321 e. The molecule has 0 saturated carbocycles. The van der Waals surface area contributed by atoms with E-state index in [0.717, 1.165) is 5.56 Å². The summed E-state index contributed by atoms with van der Waals surface area (Å²) in [7, 11) is 0. The zero-order valence-corrected chi connectivity index (χ0v) is 12.0. The highest BCUT2D eigenvalue weighted by Crippen LogP contribution is 2.34. The Balaban J connectivity index is 2.54. The zero-order valence-electron chi connectivity index (χ0n) is 10.5. The van der Waals surface area contributed by atoms with Gasteiger partial charge in [0.2, 0.25) is 0 Å². The molecule has 0 saturated heterocycles.